The van der Waals surface area contributed by atoms with Gasteiger partial charge >= 0.3 is 0 Å². The topological polar surface area (TPSA) is 68.4 Å². The van der Waals surface area contributed by atoms with Gasteiger partial charge in [-0.05, 0) is 74.1 Å². The van der Waals surface area contributed by atoms with E-state index >= 15 is 0 Å². The van der Waals surface area contributed by atoms with Crippen molar-refractivity contribution >= 4 is 40.5 Å². The Hall–Kier alpha value is -3.79. The van der Waals surface area contributed by atoms with Gasteiger partial charge in [-0.3, -0.25) is 19.4 Å². The number of amides is 2. The second-order valence-electron chi connectivity index (χ2n) is 10.9. The van der Waals surface area contributed by atoms with Crippen LogP contribution in [0, 0.1) is 6.92 Å². The lowest BCUT2D eigenvalue weighted by Crippen LogP contribution is -2.47. The van der Waals surface area contributed by atoms with E-state index in [1.807, 2.05) is 36.1 Å². The molecule has 9 heteroatoms. The molecular formula is C33H39N5O3S. The fraction of sp³-hybridized carbons (Fsp3) is 0.364. The van der Waals surface area contributed by atoms with Crippen molar-refractivity contribution in [1.82, 2.24) is 14.7 Å². The molecule has 2 aliphatic rings. The maximum atomic E-state index is 13.7. The van der Waals surface area contributed by atoms with Crippen molar-refractivity contribution in [2.75, 3.05) is 56.6 Å². The van der Waals surface area contributed by atoms with Crippen LogP contribution in [0.25, 0.3) is 0 Å². The first-order chi connectivity index (χ1) is 20.4. The van der Waals surface area contributed by atoms with Gasteiger partial charge in [-0.1, -0.05) is 48.0 Å². The van der Waals surface area contributed by atoms with Crippen LogP contribution in [-0.2, 0) is 16.1 Å². The first kappa shape index (κ1) is 29.7. The zero-order chi connectivity index (χ0) is 29.5. The minimum Gasteiger partial charge on any atom is -0.497 e. The van der Waals surface area contributed by atoms with E-state index < -0.39 is 6.04 Å². The smallest absolute Gasteiger partial charge is 0.256 e. The van der Waals surface area contributed by atoms with Gasteiger partial charge < -0.3 is 19.9 Å². The van der Waals surface area contributed by atoms with E-state index in [2.05, 4.69) is 45.4 Å². The molecule has 3 aromatic rings. The number of carbonyl (C=O) groups excluding carboxylic acids is 2. The molecule has 2 saturated heterocycles. The van der Waals surface area contributed by atoms with Gasteiger partial charge in [0, 0.05) is 45.0 Å². The van der Waals surface area contributed by atoms with Crippen molar-refractivity contribution in [3.8, 4) is 5.75 Å². The van der Waals surface area contributed by atoms with Gasteiger partial charge in [-0.25, -0.2) is 0 Å². The number of anilines is 2. The number of carbonyl (C=O) groups is 2. The van der Waals surface area contributed by atoms with Gasteiger partial charge in [0.25, 0.3) is 5.91 Å². The number of piperazine rings is 1. The van der Waals surface area contributed by atoms with E-state index in [1.54, 1.807) is 36.3 Å². The van der Waals surface area contributed by atoms with Gasteiger partial charge in [-0.15, -0.1) is 0 Å². The molecule has 8 nitrogen and oxygen atoms in total. The maximum Gasteiger partial charge on any atom is 0.256 e. The summed E-state index contributed by atoms with van der Waals surface area (Å²) in [5.74, 6) is 0.316. The van der Waals surface area contributed by atoms with Gasteiger partial charge in [0.05, 0.1) is 19.2 Å². The third kappa shape index (κ3) is 7.34. The van der Waals surface area contributed by atoms with Crippen LogP contribution in [-0.4, -0.2) is 84.0 Å². The van der Waals surface area contributed by atoms with Crippen molar-refractivity contribution < 1.29 is 14.3 Å². The third-order valence-corrected chi connectivity index (χ3v) is 8.37. The predicted molar refractivity (Wildman–Crippen MR) is 171 cm³/mol. The highest BCUT2D eigenvalue weighted by Crippen LogP contribution is 2.28. The van der Waals surface area contributed by atoms with Crippen LogP contribution in [0.2, 0.25) is 0 Å². The molecule has 3 aromatic carbocycles. The highest BCUT2D eigenvalue weighted by molar-refractivity contribution is 7.80. The number of hydrogen-bond donors (Lipinski definition) is 1. The molecule has 2 heterocycles. The van der Waals surface area contributed by atoms with E-state index in [-0.39, 0.29) is 18.2 Å². The van der Waals surface area contributed by atoms with E-state index in [4.69, 9.17) is 17.0 Å². The van der Waals surface area contributed by atoms with Crippen LogP contribution in [0.3, 0.4) is 0 Å². The molecule has 1 N–H and O–H groups in total. The fourth-order valence-electron chi connectivity index (χ4n) is 5.56. The number of hydrogen-bond acceptors (Lipinski definition) is 6. The van der Waals surface area contributed by atoms with E-state index in [1.165, 1.54) is 5.56 Å². The van der Waals surface area contributed by atoms with Gasteiger partial charge in [0.1, 0.15) is 11.8 Å². The molecule has 2 fully saturated rings. The quantitative estimate of drug-likeness (QED) is 0.332. The molecule has 0 bridgehead atoms. The molecule has 0 aromatic heterocycles. The first-order valence-corrected chi connectivity index (χ1v) is 15.0. The van der Waals surface area contributed by atoms with Crippen LogP contribution in [0.4, 0.5) is 11.4 Å². The number of nitrogens with one attached hydrogen (secondary N) is 1. The Morgan fingerprint density at radius 2 is 1.57 bits per heavy atom. The van der Waals surface area contributed by atoms with Crippen LogP contribution in [0.15, 0.2) is 78.9 Å². The second kappa shape index (κ2) is 13.9. The lowest BCUT2D eigenvalue weighted by molar-refractivity contribution is -0.124. The number of thiocarbonyl (C=S) groups is 1. The van der Waals surface area contributed by atoms with Crippen LogP contribution in [0.1, 0.15) is 24.0 Å². The normalized spacial score (nSPS) is 18.0. The summed E-state index contributed by atoms with van der Waals surface area (Å²) in [6.07, 6.45) is 0.871. The summed E-state index contributed by atoms with van der Waals surface area (Å²) in [7, 11) is 1.60. The Morgan fingerprint density at radius 3 is 2.24 bits per heavy atom. The lowest BCUT2D eigenvalue weighted by atomic mass is 10.1. The fourth-order valence-corrected chi connectivity index (χ4v) is 5.97. The van der Waals surface area contributed by atoms with E-state index in [0.717, 1.165) is 56.9 Å². The number of benzene rings is 3. The minimum absolute atomic E-state index is 0.0194. The number of methoxy groups -OCH3 is 1. The Balaban J connectivity index is 1.20. The van der Waals surface area contributed by atoms with Gasteiger partial charge in [-0.2, -0.15) is 0 Å². The summed E-state index contributed by atoms with van der Waals surface area (Å²) in [6.45, 7) is 8.61. The molecule has 0 saturated carbocycles. The molecule has 0 unspecified atom stereocenters. The van der Waals surface area contributed by atoms with Crippen LogP contribution >= 0.6 is 12.2 Å². The van der Waals surface area contributed by atoms with Crippen molar-refractivity contribution in [3.63, 3.8) is 0 Å². The van der Waals surface area contributed by atoms with Crippen molar-refractivity contribution in [1.29, 1.82) is 0 Å². The SMILES string of the molecule is COc1ccc(NC(=O)C[C@H]2C(=O)N(c3ccc(C)cc3)C(=S)N2CCCN2CCN(Cc3ccccc3)CC2)cc1. The standard InChI is InChI=1S/C33H39N5O3S/c1-25-9-13-28(14-10-25)38-32(40)30(23-31(39)34-27-11-15-29(41-2)16-12-27)37(33(38)42)18-6-17-35-19-21-36(22-20-35)24-26-7-4-3-5-8-26/h3-5,7-16,30H,6,17-24H2,1-2H3,(H,34,39)/t30-/m0/s1. The molecule has 5 rings (SSSR count). The number of ether oxygens (including phenoxy) is 1. The largest absolute Gasteiger partial charge is 0.497 e. The van der Waals surface area contributed by atoms with E-state index in [9.17, 15) is 9.59 Å². The molecule has 220 valence electrons. The molecule has 0 radical (unpaired) electrons. The zero-order valence-corrected chi connectivity index (χ0v) is 25.2. The third-order valence-electron chi connectivity index (χ3n) is 7.95. The van der Waals surface area contributed by atoms with Crippen molar-refractivity contribution in [2.45, 2.75) is 32.4 Å². The van der Waals surface area contributed by atoms with Crippen molar-refractivity contribution in [2.24, 2.45) is 0 Å². The first-order valence-electron chi connectivity index (χ1n) is 14.5. The van der Waals surface area contributed by atoms with Gasteiger partial charge in [0.2, 0.25) is 5.91 Å². The molecule has 0 aliphatic carbocycles. The summed E-state index contributed by atoms with van der Waals surface area (Å²) >= 11 is 5.85. The number of nitrogens with zero attached hydrogens (tertiary/aromatic N) is 4. The number of rotatable bonds is 11. The Morgan fingerprint density at radius 1 is 0.905 bits per heavy atom. The lowest BCUT2D eigenvalue weighted by Gasteiger charge is -2.35. The second-order valence-corrected chi connectivity index (χ2v) is 11.3. The monoisotopic (exact) mass is 585 g/mol. The highest BCUT2D eigenvalue weighted by Gasteiger charge is 2.43. The van der Waals surface area contributed by atoms with Crippen molar-refractivity contribution in [3.05, 3.63) is 90.0 Å². The average Bonchev–Trinajstić information content (AvgIpc) is 3.23. The van der Waals surface area contributed by atoms with Gasteiger partial charge in [0.15, 0.2) is 5.11 Å². The molecule has 0 spiro atoms. The highest BCUT2D eigenvalue weighted by atomic mass is 32.1. The molecule has 1 atom stereocenters. The Bertz CT molecular complexity index is 1360. The molecule has 2 aliphatic heterocycles. The zero-order valence-electron chi connectivity index (χ0n) is 24.4. The number of aryl methyl sites for hydroxylation is 1. The molecule has 2 amide bonds. The predicted octanol–water partition coefficient (Wildman–Crippen LogP) is 4.54. The average molecular weight is 586 g/mol. The summed E-state index contributed by atoms with van der Waals surface area (Å²) in [4.78, 5) is 35.3. The van der Waals surface area contributed by atoms with Crippen LogP contribution in [0.5, 0.6) is 5.75 Å². The Kier molecular flexibility index (Phi) is 9.84. The summed E-state index contributed by atoms with van der Waals surface area (Å²) < 4.78 is 5.20. The van der Waals surface area contributed by atoms with E-state index in [0.29, 0.717) is 23.1 Å². The summed E-state index contributed by atoms with van der Waals surface area (Å²) in [5.41, 5.74) is 3.83. The Labute approximate surface area is 253 Å². The van der Waals surface area contributed by atoms with Crippen LogP contribution < -0.4 is 15.0 Å². The minimum atomic E-state index is -0.653. The molecular weight excluding hydrogens is 546 g/mol. The summed E-state index contributed by atoms with van der Waals surface area (Å²) in [5, 5.41) is 3.38. The molecule has 42 heavy (non-hydrogen) atoms. The maximum absolute atomic E-state index is 13.7. The summed E-state index contributed by atoms with van der Waals surface area (Å²) in [6, 6.07) is 24.9.